The molecule has 2 heterocycles. The number of para-hydroxylation sites is 2. The minimum absolute atomic E-state index is 0.170. The van der Waals surface area contributed by atoms with Crippen molar-refractivity contribution in [3.05, 3.63) is 70.2 Å². The van der Waals surface area contributed by atoms with Crippen LogP contribution >= 0.6 is 35.1 Å². The van der Waals surface area contributed by atoms with Gasteiger partial charge in [-0.05, 0) is 56.8 Å². The van der Waals surface area contributed by atoms with Gasteiger partial charge in [0.2, 0.25) is 9.37 Å². The van der Waals surface area contributed by atoms with Gasteiger partial charge in [-0.15, -0.1) is 0 Å². The summed E-state index contributed by atoms with van der Waals surface area (Å²) in [5.74, 6) is -0.964. The maximum Gasteiger partial charge on any atom is 0.365 e. The first-order chi connectivity index (χ1) is 15.9. The highest BCUT2D eigenvalue weighted by molar-refractivity contribution is 8.29. The van der Waals surface area contributed by atoms with E-state index >= 15 is 0 Å². The van der Waals surface area contributed by atoms with Crippen LogP contribution in [0, 0.1) is 0 Å². The minimum Gasteiger partial charge on any atom is -0.462 e. The van der Waals surface area contributed by atoms with E-state index in [0.717, 1.165) is 5.69 Å². The summed E-state index contributed by atoms with van der Waals surface area (Å²) in [6.07, 6.45) is 0. The number of esters is 2. The first-order valence-corrected chi connectivity index (χ1v) is 12.4. The molecule has 0 aliphatic carbocycles. The van der Waals surface area contributed by atoms with Crippen LogP contribution in [-0.2, 0) is 19.1 Å². The van der Waals surface area contributed by atoms with Gasteiger partial charge < -0.3 is 14.4 Å². The van der Waals surface area contributed by atoms with Gasteiger partial charge in [0.05, 0.1) is 23.9 Å². The highest BCUT2D eigenvalue weighted by Crippen LogP contribution is 2.60. The molecule has 33 heavy (non-hydrogen) atoms. The molecule has 4 rings (SSSR count). The van der Waals surface area contributed by atoms with E-state index in [1.54, 1.807) is 24.9 Å². The maximum atomic E-state index is 12.9. The van der Waals surface area contributed by atoms with E-state index in [4.69, 9.17) is 21.1 Å². The monoisotopic (exact) mass is 503 g/mol. The topological polar surface area (TPSA) is 71.4 Å². The summed E-state index contributed by atoms with van der Waals surface area (Å²) in [6, 6.07) is 16.9. The Morgan fingerprint density at radius 2 is 1.61 bits per heavy atom. The number of benzene rings is 2. The number of halogens is 1. The summed E-state index contributed by atoms with van der Waals surface area (Å²) in [6.45, 7) is 5.83. The van der Waals surface area contributed by atoms with Crippen LogP contribution in [0.4, 0.5) is 11.4 Å². The summed E-state index contributed by atoms with van der Waals surface area (Å²) in [7, 11) is 0. The van der Waals surface area contributed by atoms with Crippen LogP contribution in [0.1, 0.15) is 20.8 Å². The highest BCUT2D eigenvalue weighted by atomic mass is 35.5. The second kappa shape index (κ2) is 9.70. The molecule has 2 aliphatic heterocycles. The van der Waals surface area contributed by atoms with Gasteiger partial charge in [-0.2, -0.15) is 5.10 Å². The van der Waals surface area contributed by atoms with Crippen molar-refractivity contribution < 1.29 is 19.1 Å². The van der Waals surface area contributed by atoms with Gasteiger partial charge in [0.15, 0.2) is 0 Å². The van der Waals surface area contributed by atoms with Gasteiger partial charge in [0.25, 0.3) is 0 Å². The van der Waals surface area contributed by atoms with Gasteiger partial charge in [0, 0.05) is 11.4 Å². The molecule has 0 aromatic heterocycles. The second-order valence-corrected chi connectivity index (χ2v) is 9.95. The Bertz CT molecular complexity index is 1140. The molecule has 2 aromatic carbocycles. The first-order valence-electron chi connectivity index (χ1n) is 10.3. The lowest BCUT2D eigenvalue weighted by molar-refractivity contribution is -0.137. The molecule has 0 unspecified atom stereocenters. The maximum absolute atomic E-state index is 12.9. The van der Waals surface area contributed by atoms with E-state index in [9.17, 15) is 9.59 Å². The lowest BCUT2D eigenvalue weighted by Gasteiger charge is -2.41. The number of carbonyl (C=O) groups is 2. The third kappa shape index (κ3) is 4.20. The van der Waals surface area contributed by atoms with Crippen LogP contribution in [-0.4, -0.2) is 34.5 Å². The third-order valence-corrected chi connectivity index (χ3v) is 8.05. The summed E-state index contributed by atoms with van der Waals surface area (Å²) in [4.78, 5) is 28.0. The van der Waals surface area contributed by atoms with Gasteiger partial charge in [-0.25, -0.2) is 14.6 Å². The summed E-state index contributed by atoms with van der Waals surface area (Å²) in [5.41, 5.74) is 2.11. The lowest BCUT2D eigenvalue weighted by Crippen LogP contribution is -2.49. The fraction of sp³-hybridized carbons (Fsp3) is 0.261. The number of allylic oxidation sites excluding steroid dienone is 1. The van der Waals surface area contributed by atoms with E-state index in [1.165, 1.54) is 23.5 Å². The molecule has 2 aromatic rings. The number of nitrogens with zero attached hydrogens (tertiary/aromatic N) is 3. The first kappa shape index (κ1) is 23.5. The van der Waals surface area contributed by atoms with Gasteiger partial charge in [-0.3, -0.25) is 0 Å². The number of hydrazone groups is 1. The fourth-order valence-electron chi connectivity index (χ4n) is 3.54. The second-order valence-electron chi connectivity index (χ2n) is 6.95. The smallest absolute Gasteiger partial charge is 0.365 e. The molecule has 1 spiro atoms. The molecule has 0 radical (unpaired) electrons. The van der Waals surface area contributed by atoms with E-state index in [1.807, 2.05) is 60.4 Å². The number of thioether (sulfide) groups is 2. The number of hydrogen-bond acceptors (Lipinski definition) is 9. The third-order valence-electron chi connectivity index (χ3n) is 4.88. The summed E-state index contributed by atoms with van der Waals surface area (Å²) < 4.78 is 9.51. The molecule has 172 valence electrons. The number of hydrogen-bond donors (Lipinski definition) is 0. The molecule has 7 nitrogen and oxygen atoms in total. The SMILES string of the molecule is CCOC(=O)C1=NN(c2ccccc2Cl)[C@@]2(S1)SC(C(=O)OCC)=C(C)N2c1ccccc1. The minimum atomic E-state index is -1.07. The van der Waals surface area contributed by atoms with E-state index in [0.29, 0.717) is 21.3 Å². The van der Waals surface area contributed by atoms with Crippen LogP contribution in [0.25, 0.3) is 0 Å². The van der Waals surface area contributed by atoms with Crippen molar-refractivity contribution in [2.24, 2.45) is 5.10 Å². The van der Waals surface area contributed by atoms with Crippen LogP contribution in [0.5, 0.6) is 0 Å². The zero-order valence-corrected chi connectivity index (χ0v) is 20.7. The lowest BCUT2D eigenvalue weighted by atomic mass is 10.2. The molecule has 1 atom stereocenters. The fourth-order valence-corrected chi connectivity index (χ4v) is 6.69. The van der Waals surface area contributed by atoms with Gasteiger partial charge in [-0.1, -0.05) is 53.7 Å². The Balaban J connectivity index is 1.90. The molecule has 0 fully saturated rings. The van der Waals surface area contributed by atoms with Crippen LogP contribution in [0.2, 0.25) is 5.02 Å². The normalized spacial score (nSPS) is 19.8. The Morgan fingerprint density at radius 3 is 2.27 bits per heavy atom. The average Bonchev–Trinajstić information content (AvgIpc) is 3.33. The molecule has 0 saturated heterocycles. The van der Waals surface area contributed by atoms with E-state index < -0.39 is 16.3 Å². The Morgan fingerprint density at radius 1 is 0.970 bits per heavy atom. The molecule has 2 aliphatic rings. The van der Waals surface area contributed by atoms with Crippen LogP contribution in [0.3, 0.4) is 0 Å². The van der Waals surface area contributed by atoms with Crippen molar-refractivity contribution in [3.8, 4) is 0 Å². The Labute approximate surface area is 205 Å². The molecular formula is C23H22ClN3O4S2. The number of anilines is 2. The van der Waals surface area contributed by atoms with Crippen LogP contribution in [0.15, 0.2) is 70.3 Å². The van der Waals surface area contributed by atoms with Crippen LogP contribution < -0.4 is 9.91 Å². The predicted octanol–water partition coefficient (Wildman–Crippen LogP) is 5.43. The number of rotatable bonds is 6. The molecule has 0 N–H and O–H groups in total. The zero-order valence-electron chi connectivity index (χ0n) is 18.3. The summed E-state index contributed by atoms with van der Waals surface area (Å²) >= 11 is 9.04. The largest absolute Gasteiger partial charge is 0.462 e. The molecule has 0 amide bonds. The van der Waals surface area contributed by atoms with E-state index in [-0.39, 0.29) is 18.3 Å². The van der Waals surface area contributed by atoms with Crippen molar-refractivity contribution in [2.45, 2.75) is 25.1 Å². The van der Waals surface area contributed by atoms with Crippen molar-refractivity contribution >= 4 is 63.5 Å². The molecule has 0 saturated carbocycles. The Kier molecular flexibility index (Phi) is 6.92. The zero-order chi connectivity index (χ0) is 23.6. The molecular weight excluding hydrogens is 482 g/mol. The van der Waals surface area contributed by atoms with Crippen molar-refractivity contribution in [2.75, 3.05) is 23.1 Å². The predicted molar refractivity (Wildman–Crippen MR) is 134 cm³/mol. The quantitative estimate of drug-likeness (QED) is 0.483. The van der Waals surface area contributed by atoms with Crippen molar-refractivity contribution in [3.63, 3.8) is 0 Å². The summed E-state index contributed by atoms with van der Waals surface area (Å²) in [5, 5.41) is 6.95. The van der Waals surface area contributed by atoms with Gasteiger partial charge >= 0.3 is 11.9 Å². The van der Waals surface area contributed by atoms with Crippen molar-refractivity contribution in [1.82, 2.24) is 0 Å². The van der Waals surface area contributed by atoms with E-state index in [2.05, 4.69) is 5.10 Å². The Hall–Kier alpha value is -2.62. The molecule has 0 bridgehead atoms. The standard InChI is InChI=1S/C23H22ClN3O4S2/c1-4-30-21(28)19-15(3)26(16-11-7-6-8-12-16)23(32-19)27(18-14-10-9-13-17(18)24)25-20(33-23)22(29)31-5-2/h6-14H,4-5H2,1-3H3/t23-/m1/s1. The van der Waals surface area contributed by atoms with Crippen molar-refractivity contribution in [1.29, 1.82) is 0 Å². The average molecular weight is 504 g/mol. The van der Waals surface area contributed by atoms with Gasteiger partial charge in [0.1, 0.15) is 4.91 Å². The molecule has 10 heteroatoms. The number of ether oxygens (including phenoxy) is 2. The highest BCUT2D eigenvalue weighted by Gasteiger charge is 2.58. The number of carbonyl (C=O) groups excluding carboxylic acids is 2.